The molecular formula is C13H21FN2O. The summed E-state index contributed by atoms with van der Waals surface area (Å²) in [6.07, 6.45) is 3.99. The molecule has 0 aliphatic heterocycles. The molecule has 0 spiro atoms. The van der Waals surface area contributed by atoms with Crippen LogP contribution in [0.5, 0.6) is 5.75 Å². The molecule has 1 aromatic rings. The molecule has 0 amide bonds. The zero-order chi connectivity index (χ0) is 12.7. The van der Waals surface area contributed by atoms with Gasteiger partial charge in [0.1, 0.15) is 0 Å². The summed E-state index contributed by atoms with van der Waals surface area (Å²) < 4.78 is 18.4. The van der Waals surface area contributed by atoms with Gasteiger partial charge in [-0.05, 0) is 30.5 Å². The predicted molar refractivity (Wildman–Crippen MR) is 67.3 cm³/mol. The fourth-order valence-electron chi connectivity index (χ4n) is 1.82. The number of ether oxygens (including phenoxy) is 1. The van der Waals surface area contributed by atoms with Gasteiger partial charge < -0.3 is 4.74 Å². The number of unbranched alkanes of at least 4 members (excludes halogenated alkanes) is 1. The first kappa shape index (κ1) is 13.9. The SMILES string of the molecule is CCCCC(Cc1ccc(OC)c(F)c1)NN. The van der Waals surface area contributed by atoms with Gasteiger partial charge >= 0.3 is 0 Å². The van der Waals surface area contributed by atoms with E-state index in [4.69, 9.17) is 10.6 Å². The molecule has 0 aliphatic rings. The van der Waals surface area contributed by atoms with Crippen LogP contribution in [-0.2, 0) is 6.42 Å². The molecule has 0 heterocycles. The number of nitrogens with one attached hydrogen (secondary N) is 1. The number of nitrogens with two attached hydrogens (primary N) is 1. The van der Waals surface area contributed by atoms with Crippen molar-refractivity contribution in [1.82, 2.24) is 5.43 Å². The van der Waals surface area contributed by atoms with E-state index in [1.807, 2.05) is 6.07 Å². The molecule has 1 rings (SSSR count). The maximum absolute atomic E-state index is 13.5. The van der Waals surface area contributed by atoms with Gasteiger partial charge in [0.2, 0.25) is 0 Å². The minimum atomic E-state index is -0.323. The summed E-state index contributed by atoms with van der Waals surface area (Å²) in [6, 6.07) is 5.23. The van der Waals surface area contributed by atoms with E-state index in [0.717, 1.165) is 31.2 Å². The Bertz CT molecular complexity index is 344. The van der Waals surface area contributed by atoms with Gasteiger partial charge in [-0.2, -0.15) is 0 Å². The van der Waals surface area contributed by atoms with E-state index in [2.05, 4.69) is 12.3 Å². The van der Waals surface area contributed by atoms with Crippen molar-refractivity contribution in [2.75, 3.05) is 7.11 Å². The third-order valence-corrected chi connectivity index (χ3v) is 2.84. The van der Waals surface area contributed by atoms with E-state index in [1.165, 1.54) is 13.2 Å². The lowest BCUT2D eigenvalue weighted by molar-refractivity contribution is 0.385. The minimum absolute atomic E-state index is 0.197. The van der Waals surface area contributed by atoms with Crippen LogP contribution in [0.3, 0.4) is 0 Å². The molecule has 17 heavy (non-hydrogen) atoms. The molecule has 1 unspecified atom stereocenters. The zero-order valence-electron chi connectivity index (χ0n) is 10.5. The first-order chi connectivity index (χ1) is 8.21. The third kappa shape index (κ3) is 4.32. The molecule has 0 radical (unpaired) electrons. The van der Waals surface area contributed by atoms with Crippen molar-refractivity contribution in [2.45, 2.75) is 38.6 Å². The van der Waals surface area contributed by atoms with E-state index in [1.54, 1.807) is 6.07 Å². The Kier molecular flexibility index (Phi) is 5.94. The number of hydrazine groups is 1. The lowest BCUT2D eigenvalue weighted by Crippen LogP contribution is -2.36. The van der Waals surface area contributed by atoms with Gasteiger partial charge in [0.05, 0.1) is 7.11 Å². The summed E-state index contributed by atoms with van der Waals surface area (Å²) in [5.41, 5.74) is 3.71. The van der Waals surface area contributed by atoms with Crippen LogP contribution in [0.25, 0.3) is 0 Å². The highest BCUT2D eigenvalue weighted by Gasteiger charge is 2.09. The Labute approximate surface area is 102 Å². The van der Waals surface area contributed by atoms with Crippen molar-refractivity contribution in [1.29, 1.82) is 0 Å². The normalized spacial score (nSPS) is 12.5. The molecule has 0 saturated carbocycles. The Hall–Kier alpha value is -1.13. The molecule has 0 fully saturated rings. The van der Waals surface area contributed by atoms with E-state index in [-0.39, 0.29) is 17.6 Å². The first-order valence-electron chi connectivity index (χ1n) is 5.99. The van der Waals surface area contributed by atoms with E-state index in [9.17, 15) is 4.39 Å². The summed E-state index contributed by atoms with van der Waals surface area (Å²) in [4.78, 5) is 0. The molecule has 96 valence electrons. The van der Waals surface area contributed by atoms with E-state index < -0.39 is 0 Å². The fraction of sp³-hybridized carbons (Fsp3) is 0.538. The van der Waals surface area contributed by atoms with Crippen molar-refractivity contribution in [3.63, 3.8) is 0 Å². The van der Waals surface area contributed by atoms with Crippen LogP contribution in [0.2, 0.25) is 0 Å². The highest BCUT2D eigenvalue weighted by molar-refractivity contribution is 5.29. The molecule has 1 aromatic carbocycles. The lowest BCUT2D eigenvalue weighted by Gasteiger charge is -2.15. The van der Waals surface area contributed by atoms with Gasteiger partial charge in [-0.3, -0.25) is 11.3 Å². The number of benzene rings is 1. The second-order valence-electron chi connectivity index (χ2n) is 4.18. The number of rotatable bonds is 7. The monoisotopic (exact) mass is 240 g/mol. The van der Waals surface area contributed by atoms with Crippen molar-refractivity contribution in [3.8, 4) is 5.75 Å². The third-order valence-electron chi connectivity index (χ3n) is 2.84. The summed E-state index contributed by atoms with van der Waals surface area (Å²) in [6.45, 7) is 2.14. The molecule has 0 saturated heterocycles. The van der Waals surface area contributed by atoms with Crippen molar-refractivity contribution >= 4 is 0 Å². The Balaban J connectivity index is 2.63. The Morgan fingerprint density at radius 1 is 1.47 bits per heavy atom. The largest absolute Gasteiger partial charge is 0.494 e. The number of hydrogen-bond donors (Lipinski definition) is 2. The molecular weight excluding hydrogens is 219 g/mol. The van der Waals surface area contributed by atoms with Crippen LogP contribution < -0.4 is 16.0 Å². The lowest BCUT2D eigenvalue weighted by atomic mass is 10.0. The van der Waals surface area contributed by atoms with Gasteiger partial charge in [-0.25, -0.2) is 4.39 Å². The molecule has 3 nitrogen and oxygen atoms in total. The van der Waals surface area contributed by atoms with Crippen LogP contribution in [-0.4, -0.2) is 13.2 Å². The maximum atomic E-state index is 13.5. The van der Waals surface area contributed by atoms with Crippen molar-refractivity contribution < 1.29 is 9.13 Å². The van der Waals surface area contributed by atoms with Gasteiger partial charge in [-0.15, -0.1) is 0 Å². The quantitative estimate of drug-likeness (QED) is 0.568. The highest BCUT2D eigenvalue weighted by atomic mass is 19.1. The molecule has 1 atom stereocenters. The smallest absolute Gasteiger partial charge is 0.165 e. The van der Waals surface area contributed by atoms with Crippen LogP contribution in [0.4, 0.5) is 4.39 Å². The van der Waals surface area contributed by atoms with Crippen LogP contribution in [0.15, 0.2) is 18.2 Å². The average molecular weight is 240 g/mol. The summed E-state index contributed by atoms with van der Waals surface area (Å²) in [5.74, 6) is 5.44. The van der Waals surface area contributed by atoms with Gasteiger partial charge in [0, 0.05) is 6.04 Å². The molecule has 3 N–H and O–H groups in total. The maximum Gasteiger partial charge on any atom is 0.165 e. The van der Waals surface area contributed by atoms with Crippen molar-refractivity contribution in [2.24, 2.45) is 5.84 Å². The molecule has 4 heteroatoms. The second kappa shape index (κ2) is 7.25. The second-order valence-corrected chi connectivity index (χ2v) is 4.18. The zero-order valence-corrected chi connectivity index (χ0v) is 10.5. The Morgan fingerprint density at radius 3 is 2.76 bits per heavy atom. The fourth-order valence-corrected chi connectivity index (χ4v) is 1.82. The van der Waals surface area contributed by atoms with Gasteiger partial charge in [0.25, 0.3) is 0 Å². The van der Waals surface area contributed by atoms with Crippen LogP contribution in [0.1, 0.15) is 31.7 Å². The van der Waals surface area contributed by atoms with E-state index >= 15 is 0 Å². The minimum Gasteiger partial charge on any atom is -0.494 e. The first-order valence-corrected chi connectivity index (χ1v) is 5.99. The molecule has 0 bridgehead atoms. The van der Waals surface area contributed by atoms with Crippen molar-refractivity contribution in [3.05, 3.63) is 29.6 Å². The van der Waals surface area contributed by atoms with E-state index in [0.29, 0.717) is 0 Å². The highest BCUT2D eigenvalue weighted by Crippen LogP contribution is 2.19. The summed E-state index contributed by atoms with van der Waals surface area (Å²) in [5, 5.41) is 0. The number of methoxy groups -OCH3 is 1. The summed E-state index contributed by atoms with van der Waals surface area (Å²) in [7, 11) is 1.46. The topological polar surface area (TPSA) is 47.3 Å². The van der Waals surface area contributed by atoms with Gasteiger partial charge in [0.15, 0.2) is 11.6 Å². The average Bonchev–Trinajstić information content (AvgIpc) is 2.34. The number of halogens is 1. The summed E-state index contributed by atoms with van der Waals surface area (Å²) >= 11 is 0. The Morgan fingerprint density at radius 2 is 2.24 bits per heavy atom. The molecule has 0 aliphatic carbocycles. The van der Waals surface area contributed by atoms with Crippen LogP contribution >= 0.6 is 0 Å². The predicted octanol–water partition coefficient (Wildman–Crippen LogP) is 2.40. The standard InChI is InChI=1S/C13H21FN2O/c1-3-4-5-11(16-15)8-10-6-7-13(17-2)12(14)9-10/h6-7,9,11,16H,3-5,8,15H2,1-2H3. The molecule has 0 aromatic heterocycles. The van der Waals surface area contributed by atoms with Gasteiger partial charge in [-0.1, -0.05) is 25.8 Å². The van der Waals surface area contributed by atoms with Crippen LogP contribution in [0, 0.1) is 5.82 Å². The number of hydrogen-bond acceptors (Lipinski definition) is 3.